The van der Waals surface area contributed by atoms with E-state index < -0.39 is 15.4 Å². The molecule has 0 spiro atoms. The minimum atomic E-state index is -3.07. The molecule has 0 unspecified atom stereocenters. The molecular weight excluding hydrogens is 340 g/mol. The van der Waals surface area contributed by atoms with Gasteiger partial charge in [0, 0.05) is 23.6 Å². The lowest BCUT2D eigenvalue weighted by Gasteiger charge is -2.23. The SMILES string of the molecule is C[C@]1(NC(=O)CCNC(=O)c2ccc(Cl)cc2)CCS(=O)(=O)C1. The van der Waals surface area contributed by atoms with E-state index in [1.807, 2.05) is 0 Å². The number of benzene rings is 1. The van der Waals surface area contributed by atoms with Gasteiger partial charge < -0.3 is 10.6 Å². The second-order valence-corrected chi connectivity index (χ2v) is 8.58. The summed E-state index contributed by atoms with van der Waals surface area (Å²) in [7, 11) is -3.07. The van der Waals surface area contributed by atoms with E-state index in [1.165, 1.54) is 0 Å². The monoisotopic (exact) mass is 358 g/mol. The van der Waals surface area contributed by atoms with Crippen molar-refractivity contribution in [2.24, 2.45) is 0 Å². The van der Waals surface area contributed by atoms with E-state index >= 15 is 0 Å². The van der Waals surface area contributed by atoms with Crippen LogP contribution in [0, 0.1) is 0 Å². The van der Waals surface area contributed by atoms with Crippen molar-refractivity contribution in [3.05, 3.63) is 34.9 Å². The molecule has 0 saturated carbocycles. The number of rotatable bonds is 5. The molecule has 0 aliphatic carbocycles. The minimum absolute atomic E-state index is 0.0388. The van der Waals surface area contributed by atoms with Crippen LogP contribution in [0.3, 0.4) is 0 Å². The lowest BCUT2D eigenvalue weighted by Crippen LogP contribution is -2.47. The molecule has 1 aromatic rings. The molecule has 0 bridgehead atoms. The van der Waals surface area contributed by atoms with E-state index in [-0.39, 0.29) is 36.3 Å². The van der Waals surface area contributed by atoms with Gasteiger partial charge in [0.2, 0.25) is 5.91 Å². The van der Waals surface area contributed by atoms with Crippen molar-refractivity contribution in [2.45, 2.75) is 25.3 Å². The van der Waals surface area contributed by atoms with Crippen LogP contribution in [-0.4, -0.2) is 43.8 Å². The number of hydrogen-bond acceptors (Lipinski definition) is 4. The van der Waals surface area contributed by atoms with Gasteiger partial charge in [0.15, 0.2) is 9.84 Å². The standard InChI is InChI=1S/C15H19ClN2O4S/c1-15(7-9-23(21,22)10-15)18-13(19)6-8-17-14(20)11-2-4-12(16)5-3-11/h2-5H,6-10H2,1H3,(H,17,20)(H,18,19)/t15-/m0/s1. The van der Waals surface area contributed by atoms with Crippen LogP contribution in [-0.2, 0) is 14.6 Å². The number of sulfone groups is 1. The highest BCUT2D eigenvalue weighted by Gasteiger charge is 2.39. The molecule has 2 rings (SSSR count). The first kappa shape index (κ1) is 17.7. The van der Waals surface area contributed by atoms with E-state index in [9.17, 15) is 18.0 Å². The van der Waals surface area contributed by atoms with Crippen molar-refractivity contribution < 1.29 is 18.0 Å². The normalized spacial score (nSPS) is 22.5. The number of halogens is 1. The van der Waals surface area contributed by atoms with Crippen molar-refractivity contribution in [3.63, 3.8) is 0 Å². The minimum Gasteiger partial charge on any atom is -0.352 e. The van der Waals surface area contributed by atoms with Crippen molar-refractivity contribution >= 4 is 33.3 Å². The first-order valence-corrected chi connectivity index (χ1v) is 9.44. The zero-order valence-electron chi connectivity index (χ0n) is 12.8. The molecule has 1 aliphatic rings. The largest absolute Gasteiger partial charge is 0.352 e. The van der Waals surface area contributed by atoms with Gasteiger partial charge >= 0.3 is 0 Å². The van der Waals surface area contributed by atoms with Gasteiger partial charge in [-0.15, -0.1) is 0 Å². The molecule has 6 nitrogen and oxygen atoms in total. The Morgan fingerprint density at radius 3 is 2.48 bits per heavy atom. The smallest absolute Gasteiger partial charge is 0.251 e. The predicted octanol–water partition coefficient (Wildman–Crippen LogP) is 1.15. The molecule has 8 heteroatoms. The van der Waals surface area contributed by atoms with E-state index in [1.54, 1.807) is 31.2 Å². The molecule has 2 N–H and O–H groups in total. The summed E-state index contributed by atoms with van der Waals surface area (Å²) >= 11 is 5.75. The quantitative estimate of drug-likeness (QED) is 0.826. The Bertz CT molecular complexity index is 703. The summed E-state index contributed by atoms with van der Waals surface area (Å²) in [6, 6.07) is 6.43. The number of carbonyl (C=O) groups excluding carboxylic acids is 2. The van der Waals surface area contributed by atoms with Gasteiger partial charge in [-0.2, -0.15) is 0 Å². The van der Waals surface area contributed by atoms with Gasteiger partial charge in [0.1, 0.15) is 0 Å². The second kappa shape index (κ2) is 6.88. The predicted molar refractivity (Wildman–Crippen MR) is 88.2 cm³/mol. The fourth-order valence-corrected chi connectivity index (χ4v) is 4.72. The number of nitrogens with one attached hydrogen (secondary N) is 2. The third-order valence-corrected chi connectivity index (χ3v) is 5.84. The molecule has 23 heavy (non-hydrogen) atoms. The molecule has 1 saturated heterocycles. The van der Waals surface area contributed by atoms with E-state index in [0.29, 0.717) is 17.0 Å². The van der Waals surface area contributed by atoms with Crippen LogP contribution in [0.2, 0.25) is 5.02 Å². The molecular formula is C15H19ClN2O4S. The first-order chi connectivity index (χ1) is 10.7. The van der Waals surface area contributed by atoms with Gasteiger partial charge in [-0.05, 0) is 37.6 Å². The van der Waals surface area contributed by atoms with Crippen LogP contribution in [0.25, 0.3) is 0 Å². The summed E-state index contributed by atoms with van der Waals surface area (Å²) in [4.78, 5) is 23.8. The number of carbonyl (C=O) groups is 2. The van der Waals surface area contributed by atoms with Crippen molar-refractivity contribution in [2.75, 3.05) is 18.1 Å². The Kier molecular flexibility index (Phi) is 5.31. The van der Waals surface area contributed by atoms with Crippen LogP contribution in [0.4, 0.5) is 0 Å². The van der Waals surface area contributed by atoms with E-state index in [2.05, 4.69) is 10.6 Å². The van der Waals surface area contributed by atoms with E-state index in [0.717, 1.165) is 0 Å². The number of hydrogen-bond donors (Lipinski definition) is 2. The summed E-state index contributed by atoms with van der Waals surface area (Å²) in [5.41, 5.74) is -0.250. The maximum Gasteiger partial charge on any atom is 0.251 e. The first-order valence-electron chi connectivity index (χ1n) is 7.24. The average Bonchev–Trinajstić information content (AvgIpc) is 2.72. The summed E-state index contributed by atoms with van der Waals surface area (Å²) in [6.45, 7) is 1.90. The van der Waals surface area contributed by atoms with Crippen LogP contribution < -0.4 is 10.6 Å². The third kappa shape index (κ3) is 5.21. The maximum absolute atomic E-state index is 11.9. The molecule has 1 atom stereocenters. The molecule has 1 aliphatic heterocycles. The zero-order chi connectivity index (χ0) is 17.1. The Hall–Kier alpha value is -1.60. The van der Waals surface area contributed by atoms with Gasteiger partial charge in [-0.25, -0.2) is 8.42 Å². The van der Waals surface area contributed by atoms with Gasteiger partial charge in [-0.1, -0.05) is 11.6 Å². The van der Waals surface area contributed by atoms with Crippen LogP contribution >= 0.6 is 11.6 Å². The molecule has 1 fully saturated rings. The molecule has 0 aromatic heterocycles. The number of amides is 2. The van der Waals surface area contributed by atoms with Crippen LogP contribution in [0.15, 0.2) is 24.3 Å². The third-order valence-electron chi connectivity index (χ3n) is 3.69. The highest BCUT2D eigenvalue weighted by atomic mass is 35.5. The van der Waals surface area contributed by atoms with Crippen molar-refractivity contribution in [1.82, 2.24) is 10.6 Å². The molecule has 1 heterocycles. The van der Waals surface area contributed by atoms with Crippen molar-refractivity contribution in [3.8, 4) is 0 Å². The highest BCUT2D eigenvalue weighted by Crippen LogP contribution is 2.22. The van der Waals surface area contributed by atoms with Gasteiger partial charge in [-0.3, -0.25) is 9.59 Å². The lowest BCUT2D eigenvalue weighted by molar-refractivity contribution is -0.122. The highest BCUT2D eigenvalue weighted by molar-refractivity contribution is 7.91. The second-order valence-electron chi connectivity index (χ2n) is 5.96. The fourth-order valence-electron chi connectivity index (χ4n) is 2.50. The summed E-state index contributed by atoms with van der Waals surface area (Å²) in [5, 5.41) is 5.93. The van der Waals surface area contributed by atoms with Crippen LogP contribution in [0.5, 0.6) is 0 Å². The Morgan fingerprint density at radius 1 is 1.26 bits per heavy atom. The molecule has 1 aromatic carbocycles. The van der Waals surface area contributed by atoms with Gasteiger partial charge in [0.25, 0.3) is 5.91 Å². The summed E-state index contributed by atoms with van der Waals surface area (Å²) < 4.78 is 23.0. The lowest BCUT2D eigenvalue weighted by atomic mass is 10.0. The Morgan fingerprint density at radius 2 is 1.91 bits per heavy atom. The average molecular weight is 359 g/mol. The van der Waals surface area contributed by atoms with Crippen molar-refractivity contribution in [1.29, 1.82) is 0 Å². The maximum atomic E-state index is 11.9. The van der Waals surface area contributed by atoms with E-state index in [4.69, 9.17) is 11.6 Å². The Labute approximate surface area is 140 Å². The topological polar surface area (TPSA) is 92.3 Å². The fraction of sp³-hybridized carbons (Fsp3) is 0.467. The zero-order valence-corrected chi connectivity index (χ0v) is 14.3. The Balaban J connectivity index is 1.77. The molecule has 2 amide bonds. The van der Waals surface area contributed by atoms with Crippen LogP contribution in [0.1, 0.15) is 30.1 Å². The summed E-state index contributed by atoms with van der Waals surface area (Å²) in [6.07, 6.45) is 0.507. The summed E-state index contributed by atoms with van der Waals surface area (Å²) in [5.74, 6) is -0.509. The van der Waals surface area contributed by atoms with Gasteiger partial charge in [0.05, 0.1) is 17.0 Å². The molecule has 126 valence electrons. The molecule has 0 radical (unpaired) electrons.